The first-order chi connectivity index (χ1) is 9.43. The third kappa shape index (κ3) is 3.94. The highest BCUT2D eigenvalue weighted by molar-refractivity contribution is 5.86. The lowest BCUT2D eigenvalue weighted by Gasteiger charge is -2.28. The van der Waals surface area contributed by atoms with E-state index >= 15 is 0 Å². The number of carboxylic acids is 1. The van der Waals surface area contributed by atoms with Gasteiger partial charge in [0.1, 0.15) is 5.54 Å². The van der Waals surface area contributed by atoms with E-state index in [1.54, 1.807) is 20.0 Å². The number of pyridine rings is 1. The van der Waals surface area contributed by atoms with Crippen molar-refractivity contribution in [3.63, 3.8) is 0 Å². The van der Waals surface area contributed by atoms with E-state index < -0.39 is 17.5 Å². The van der Waals surface area contributed by atoms with E-state index in [1.807, 2.05) is 19.1 Å². The molecule has 1 rings (SSSR count). The normalized spacial score (nSPS) is 10.9. The highest BCUT2D eigenvalue weighted by Crippen LogP contribution is 2.15. The number of nitrogens with one attached hydrogen (secondary N) is 2. The van der Waals surface area contributed by atoms with Gasteiger partial charge in [0.25, 0.3) is 0 Å². The summed E-state index contributed by atoms with van der Waals surface area (Å²) in [7, 11) is 0. The Hall–Kier alpha value is -2.11. The summed E-state index contributed by atoms with van der Waals surface area (Å²) in [6.07, 6.45) is 2.34. The minimum absolute atomic E-state index is 0.308. The largest absolute Gasteiger partial charge is 0.480 e. The van der Waals surface area contributed by atoms with E-state index in [4.69, 9.17) is 0 Å². The van der Waals surface area contributed by atoms with Crippen LogP contribution in [0.2, 0.25) is 0 Å². The van der Waals surface area contributed by atoms with Crippen molar-refractivity contribution in [1.29, 1.82) is 0 Å². The third-order valence-corrected chi connectivity index (χ3v) is 3.39. The quantitative estimate of drug-likeness (QED) is 0.741. The van der Waals surface area contributed by atoms with Gasteiger partial charge in [-0.3, -0.25) is 4.98 Å². The summed E-state index contributed by atoms with van der Waals surface area (Å²) in [6.45, 7) is 5.67. The molecule has 0 unspecified atom stereocenters. The van der Waals surface area contributed by atoms with Gasteiger partial charge in [-0.15, -0.1) is 0 Å². The van der Waals surface area contributed by atoms with E-state index in [9.17, 15) is 14.7 Å². The number of aliphatic carboxylic acids is 1. The Labute approximate surface area is 118 Å². The summed E-state index contributed by atoms with van der Waals surface area (Å²) < 4.78 is 0. The van der Waals surface area contributed by atoms with Crippen LogP contribution in [-0.4, -0.2) is 27.6 Å². The van der Waals surface area contributed by atoms with Crippen molar-refractivity contribution in [2.75, 3.05) is 0 Å². The third-order valence-electron chi connectivity index (χ3n) is 3.39. The number of amides is 2. The maximum Gasteiger partial charge on any atom is 0.329 e. The van der Waals surface area contributed by atoms with Gasteiger partial charge in [0, 0.05) is 18.4 Å². The molecule has 6 heteroatoms. The van der Waals surface area contributed by atoms with Crippen molar-refractivity contribution in [2.24, 2.45) is 0 Å². The standard InChI is InChI=1S/C14H21N3O3/c1-4-14(5-2,12(18)19)17-13(20)16-9-11-7-6-10(3)15-8-11/h6-8H,4-5,9H2,1-3H3,(H,18,19)(H2,16,17,20). The van der Waals surface area contributed by atoms with Crippen molar-refractivity contribution in [1.82, 2.24) is 15.6 Å². The molecule has 20 heavy (non-hydrogen) atoms. The second-order valence-corrected chi connectivity index (χ2v) is 4.71. The number of carbonyl (C=O) groups is 2. The molecule has 0 aliphatic heterocycles. The van der Waals surface area contributed by atoms with Gasteiger partial charge in [0.05, 0.1) is 0 Å². The van der Waals surface area contributed by atoms with E-state index in [-0.39, 0.29) is 0 Å². The molecule has 6 nitrogen and oxygen atoms in total. The lowest BCUT2D eigenvalue weighted by atomic mass is 9.93. The average molecular weight is 279 g/mol. The van der Waals surface area contributed by atoms with Gasteiger partial charge in [-0.1, -0.05) is 19.9 Å². The van der Waals surface area contributed by atoms with Crippen molar-refractivity contribution in [3.8, 4) is 0 Å². The molecule has 0 fully saturated rings. The van der Waals surface area contributed by atoms with Crippen LogP contribution >= 0.6 is 0 Å². The molecule has 0 atom stereocenters. The Kier molecular flexibility index (Phi) is 5.49. The molecule has 1 aromatic heterocycles. The first kappa shape index (κ1) is 15.9. The Balaban J connectivity index is 2.58. The van der Waals surface area contributed by atoms with Crippen LogP contribution in [-0.2, 0) is 11.3 Å². The van der Waals surface area contributed by atoms with Gasteiger partial charge in [0.15, 0.2) is 0 Å². The highest BCUT2D eigenvalue weighted by Gasteiger charge is 2.36. The predicted molar refractivity (Wildman–Crippen MR) is 75.3 cm³/mol. The zero-order valence-corrected chi connectivity index (χ0v) is 12.1. The monoisotopic (exact) mass is 279 g/mol. The SMILES string of the molecule is CCC(CC)(NC(=O)NCc1ccc(C)nc1)C(=O)O. The summed E-state index contributed by atoms with van der Waals surface area (Å²) in [5.74, 6) is -1.02. The first-order valence-corrected chi connectivity index (χ1v) is 6.64. The van der Waals surface area contributed by atoms with Gasteiger partial charge in [-0.2, -0.15) is 0 Å². The Morgan fingerprint density at radius 3 is 2.40 bits per heavy atom. The molecule has 0 spiro atoms. The van der Waals surface area contributed by atoms with Gasteiger partial charge in [0.2, 0.25) is 0 Å². The van der Waals surface area contributed by atoms with Crippen LogP contribution in [0.15, 0.2) is 18.3 Å². The zero-order chi connectivity index (χ0) is 15.2. The minimum Gasteiger partial charge on any atom is -0.480 e. The number of urea groups is 1. The Morgan fingerprint density at radius 2 is 1.95 bits per heavy atom. The molecule has 0 aliphatic rings. The van der Waals surface area contributed by atoms with Crippen molar-refractivity contribution < 1.29 is 14.7 Å². The van der Waals surface area contributed by atoms with Crippen LogP contribution in [0.3, 0.4) is 0 Å². The van der Waals surface area contributed by atoms with E-state index in [1.165, 1.54) is 0 Å². The van der Waals surface area contributed by atoms with Crippen molar-refractivity contribution >= 4 is 12.0 Å². The van der Waals surface area contributed by atoms with E-state index in [2.05, 4.69) is 15.6 Å². The fourth-order valence-electron chi connectivity index (χ4n) is 1.83. The molecule has 0 aromatic carbocycles. The molecule has 2 amide bonds. The second kappa shape index (κ2) is 6.88. The molecule has 1 aromatic rings. The number of carboxylic acid groups (broad SMARTS) is 1. The van der Waals surface area contributed by atoms with Gasteiger partial charge in [-0.05, 0) is 31.4 Å². The maximum absolute atomic E-state index is 11.8. The van der Waals surface area contributed by atoms with Crippen LogP contribution in [0.4, 0.5) is 4.79 Å². The lowest BCUT2D eigenvalue weighted by molar-refractivity contribution is -0.144. The number of aromatic nitrogens is 1. The minimum atomic E-state index is -1.21. The van der Waals surface area contributed by atoms with Gasteiger partial charge >= 0.3 is 12.0 Å². The summed E-state index contributed by atoms with van der Waals surface area (Å²) in [6, 6.07) is 3.23. The number of hydrogen-bond acceptors (Lipinski definition) is 3. The zero-order valence-electron chi connectivity index (χ0n) is 12.1. The molecular formula is C14H21N3O3. The predicted octanol–water partition coefficient (Wildman–Crippen LogP) is 1.83. The highest BCUT2D eigenvalue weighted by atomic mass is 16.4. The van der Waals surface area contributed by atoms with Gasteiger partial charge < -0.3 is 15.7 Å². The molecule has 0 aliphatic carbocycles. The number of rotatable bonds is 6. The van der Waals surface area contributed by atoms with Gasteiger partial charge in [-0.25, -0.2) is 9.59 Å². The Bertz CT molecular complexity index is 467. The molecule has 3 N–H and O–H groups in total. The van der Waals surface area contributed by atoms with Crippen LogP contribution in [0.1, 0.15) is 37.9 Å². The van der Waals surface area contributed by atoms with Crippen molar-refractivity contribution in [2.45, 2.75) is 45.7 Å². The fraction of sp³-hybridized carbons (Fsp3) is 0.500. The van der Waals surface area contributed by atoms with Crippen LogP contribution in [0, 0.1) is 6.92 Å². The molecule has 1 heterocycles. The Morgan fingerprint density at radius 1 is 1.30 bits per heavy atom. The molecule has 0 radical (unpaired) electrons. The lowest BCUT2D eigenvalue weighted by Crippen LogP contribution is -2.56. The molecular weight excluding hydrogens is 258 g/mol. The number of hydrogen-bond donors (Lipinski definition) is 3. The molecule has 110 valence electrons. The number of carbonyl (C=O) groups excluding carboxylic acids is 1. The smallest absolute Gasteiger partial charge is 0.329 e. The summed E-state index contributed by atoms with van der Waals surface area (Å²) >= 11 is 0. The topological polar surface area (TPSA) is 91.3 Å². The maximum atomic E-state index is 11.8. The number of aryl methyl sites for hydroxylation is 1. The fourth-order valence-corrected chi connectivity index (χ4v) is 1.83. The van der Waals surface area contributed by atoms with Crippen LogP contribution in [0.25, 0.3) is 0 Å². The first-order valence-electron chi connectivity index (χ1n) is 6.64. The second-order valence-electron chi connectivity index (χ2n) is 4.71. The molecule has 0 bridgehead atoms. The summed E-state index contributed by atoms with van der Waals surface area (Å²) in [4.78, 5) is 27.2. The number of nitrogens with zero attached hydrogens (tertiary/aromatic N) is 1. The summed E-state index contributed by atoms with van der Waals surface area (Å²) in [5.41, 5.74) is 0.551. The van der Waals surface area contributed by atoms with Crippen molar-refractivity contribution in [3.05, 3.63) is 29.6 Å². The molecule has 0 saturated carbocycles. The molecule has 0 saturated heterocycles. The van der Waals surface area contributed by atoms with Crippen LogP contribution < -0.4 is 10.6 Å². The average Bonchev–Trinajstić information content (AvgIpc) is 2.44. The van der Waals surface area contributed by atoms with E-state index in [0.29, 0.717) is 19.4 Å². The summed E-state index contributed by atoms with van der Waals surface area (Å²) in [5, 5.41) is 14.4. The van der Waals surface area contributed by atoms with Crippen LogP contribution in [0.5, 0.6) is 0 Å². The van der Waals surface area contributed by atoms with E-state index in [0.717, 1.165) is 11.3 Å².